The van der Waals surface area contributed by atoms with Crippen LogP contribution in [-0.2, 0) is 22.5 Å². The molecule has 0 aliphatic heterocycles. The molecule has 0 unspecified atom stereocenters. The van der Waals surface area contributed by atoms with E-state index >= 15 is 0 Å². The second kappa shape index (κ2) is 7.58. The molecule has 0 spiro atoms. The normalized spacial score (nSPS) is 10.4. The molecule has 0 aliphatic carbocycles. The Bertz CT molecular complexity index is 689. The first-order valence-electron chi connectivity index (χ1n) is 7.45. The molecule has 0 saturated carbocycles. The molecule has 2 aromatic rings. The molecule has 0 fully saturated rings. The number of amides is 1. The summed E-state index contributed by atoms with van der Waals surface area (Å²) in [6.07, 6.45) is 0.557. The largest absolute Gasteiger partial charge is 0.452 e. The molecule has 6 heteroatoms. The van der Waals surface area contributed by atoms with Crippen LogP contribution in [0.3, 0.4) is 0 Å². The van der Waals surface area contributed by atoms with Gasteiger partial charge in [0.05, 0.1) is 5.69 Å². The van der Waals surface area contributed by atoms with Crippen LogP contribution in [0.4, 0.5) is 0 Å². The summed E-state index contributed by atoms with van der Waals surface area (Å²) < 4.78 is 10.0. The number of carbonyl (C=O) groups excluding carboxylic acids is 2. The number of ether oxygens (including phenoxy) is 1. The lowest BCUT2D eigenvalue weighted by Gasteiger charge is -2.07. The zero-order valence-electron chi connectivity index (χ0n) is 13.5. The minimum atomic E-state index is -0.592. The number of rotatable bonds is 6. The van der Waals surface area contributed by atoms with Gasteiger partial charge in [-0.2, -0.15) is 0 Å². The van der Waals surface area contributed by atoms with Crippen molar-refractivity contribution >= 4 is 11.9 Å². The SMILES string of the molecule is CCc1noc(C)c1C(=O)OCC(=O)NCc1ccc(C)cc1. The van der Waals surface area contributed by atoms with E-state index < -0.39 is 5.97 Å². The van der Waals surface area contributed by atoms with E-state index in [-0.39, 0.29) is 12.5 Å². The van der Waals surface area contributed by atoms with E-state index in [4.69, 9.17) is 9.26 Å². The second-order valence-electron chi connectivity index (χ2n) is 5.25. The molecule has 1 heterocycles. The fourth-order valence-corrected chi connectivity index (χ4v) is 2.08. The summed E-state index contributed by atoms with van der Waals surface area (Å²) in [7, 11) is 0. The Morgan fingerprint density at radius 2 is 1.91 bits per heavy atom. The number of hydrogen-bond acceptors (Lipinski definition) is 5. The van der Waals surface area contributed by atoms with Gasteiger partial charge in [0.25, 0.3) is 5.91 Å². The van der Waals surface area contributed by atoms with Crippen molar-refractivity contribution in [3.05, 3.63) is 52.4 Å². The lowest BCUT2D eigenvalue weighted by Crippen LogP contribution is -2.28. The van der Waals surface area contributed by atoms with Crippen molar-refractivity contribution in [3.8, 4) is 0 Å². The average molecular weight is 316 g/mol. The first-order valence-corrected chi connectivity index (χ1v) is 7.45. The molecule has 1 aromatic carbocycles. The van der Waals surface area contributed by atoms with E-state index in [2.05, 4.69) is 10.5 Å². The third-order valence-corrected chi connectivity index (χ3v) is 3.42. The number of aromatic nitrogens is 1. The van der Waals surface area contributed by atoms with Crippen molar-refractivity contribution in [1.82, 2.24) is 10.5 Å². The molecule has 1 aromatic heterocycles. The fraction of sp³-hybridized carbons (Fsp3) is 0.353. The lowest BCUT2D eigenvalue weighted by atomic mass is 10.1. The molecule has 23 heavy (non-hydrogen) atoms. The number of aryl methyl sites for hydroxylation is 3. The monoisotopic (exact) mass is 316 g/mol. The minimum absolute atomic E-state index is 0.304. The summed E-state index contributed by atoms with van der Waals surface area (Å²) >= 11 is 0. The van der Waals surface area contributed by atoms with E-state index in [1.165, 1.54) is 0 Å². The van der Waals surface area contributed by atoms with Gasteiger partial charge in [-0.05, 0) is 25.8 Å². The van der Waals surface area contributed by atoms with Crippen molar-refractivity contribution in [2.75, 3.05) is 6.61 Å². The van der Waals surface area contributed by atoms with Crippen LogP contribution in [-0.4, -0.2) is 23.6 Å². The molecule has 0 aliphatic rings. The topological polar surface area (TPSA) is 81.4 Å². The lowest BCUT2D eigenvalue weighted by molar-refractivity contribution is -0.124. The Kier molecular flexibility index (Phi) is 5.51. The molecule has 0 saturated heterocycles. The van der Waals surface area contributed by atoms with Crippen LogP contribution in [0.15, 0.2) is 28.8 Å². The van der Waals surface area contributed by atoms with Gasteiger partial charge < -0.3 is 14.6 Å². The van der Waals surface area contributed by atoms with Gasteiger partial charge >= 0.3 is 5.97 Å². The van der Waals surface area contributed by atoms with E-state index in [9.17, 15) is 9.59 Å². The quantitative estimate of drug-likeness (QED) is 0.827. The molecule has 1 N–H and O–H groups in total. The maximum absolute atomic E-state index is 12.0. The summed E-state index contributed by atoms with van der Waals surface area (Å²) in [5.41, 5.74) is 2.98. The Labute approximate surface area is 134 Å². The molecule has 6 nitrogen and oxygen atoms in total. The molecular formula is C17H20N2O4. The molecule has 2 rings (SSSR count). The molecular weight excluding hydrogens is 296 g/mol. The zero-order chi connectivity index (χ0) is 16.8. The van der Waals surface area contributed by atoms with E-state index in [0.29, 0.717) is 30.0 Å². The van der Waals surface area contributed by atoms with Crippen molar-refractivity contribution in [1.29, 1.82) is 0 Å². The van der Waals surface area contributed by atoms with Gasteiger partial charge in [-0.1, -0.05) is 41.9 Å². The summed E-state index contributed by atoms with van der Waals surface area (Å²) in [6.45, 7) is 5.56. The first-order chi connectivity index (χ1) is 11.0. The Hall–Kier alpha value is -2.63. The molecule has 0 bridgehead atoms. The molecule has 0 atom stereocenters. The number of nitrogens with one attached hydrogen (secondary N) is 1. The summed E-state index contributed by atoms with van der Waals surface area (Å²) in [5, 5.41) is 6.50. The Morgan fingerprint density at radius 1 is 1.22 bits per heavy atom. The summed E-state index contributed by atoms with van der Waals surface area (Å²) in [4.78, 5) is 23.8. The van der Waals surface area contributed by atoms with Crippen LogP contribution < -0.4 is 5.32 Å². The Morgan fingerprint density at radius 3 is 2.57 bits per heavy atom. The zero-order valence-corrected chi connectivity index (χ0v) is 13.5. The fourth-order valence-electron chi connectivity index (χ4n) is 2.08. The van der Waals surface area contributed by atoms with Gasteiger partial charge in [-0.25, -0.2) is 4.79 Å². The van der Waals surface area contributed by atoms with Crippen molar-refractivity contribution in [3.63, 3.8) is 0 Å². The van der Waals surface area contributed by atoms with Crippen molar-refractivity contribution in [2.45, 2.75) is 33.7 Å². The number of carbonyl (C=O) groups is 2. The van der Waals surface area contributed by atoms with Crippen LogP contribution >= 0.6 is 0 Å². The minimum Gasteiger partial charge on any atom is -0.452 e. The highest BCUT2D eigenvalue weighted by molar-refractivity contribution is 5.93. The van der Waals surface area contributed by atoms with Gasteiger partial charge in [0.15, 0.2) is 6.61 Å². The van der Waals surface area contributed by atoms with Crippen molar-refractivity contribution in [2.24, 2.45) is 0 Å². The van der Waals surface area contributed by atoms with E-state index in [1.807, 2.05) is 38.1 Å². The highest BCUT2D eigenvalue weighted by Gasteiger charge is 2.21. The molecule has 1 amide bonds. The second-order valence-corrected chi connectivity index (χ2v) is 5.25. The third-order valence-electron chi connectivity index (χ3n) is 3.42. The smallest absolute Gasteiger partial charge is 0.344 e. The molecule has 0 radical (unpaired) electrons. The average Bonchev–Trinajstić information content (AvgIpc) is 2.93. The first kappa shape index (κ1) is 16.7. The number of hydrogen-bond donors (Lipinski definition) is 1. The van der Waals surface area contributed by atoms with Crippen LogP contribution in [0, 0.1) is 13.8 Å². The maximum atomic E-state index is 12.0. The predicted octanol–water partition coefficient (Wildman–Crippen LogP) is 2.33. The number of nitrogens with zero attached hydrogens (tertiary/aromatic N) is 1. The van der Waals surface area contributed by atoms with Gasteiger partial charge in [-0.3, -0.25) is 4.79 Å². The maximum Gasteiger partial charge on any atom is 0.344 e. The van der Waals surface area contributed by atoms with Gasteiger partial charge in [0.1, 0.15) is 11.3 Å². The molecule has 122 valence electrons. The van der Waals surface area contributed by atoms with Crippen molar-refractivity contribution < 1.29 is 18.8 Å². The summed E-state index contributed by atoms with van der Waals surface area (Å²) in [6, 6.07) is 7.83. The van der Waals surface area contributed by atoms with Crippen LogP contribution in [0.25, 0.3) is 0 Å². The predicted molar refractivity (Wildman–Crippen MR) is 83.9 cm³/mol. The van der Waals surface area contributed by atoms with Gasteiger partial charge in [0, 0.05) is 6.54 Å². The Balaban J connectivity index is 1.83. The van der Waals surface area contributed by atoms with Gasteiger partial charge in [-0.15, -0.1) is 0 Å². The van der Waals surface area contributed by atoms with E-state index in [1.54, 1.807) is 6.92 Å². The van der Waals surface area contributed by atoms with Gasteiger partial charge in [0.2, 0.25) is 0 Å². The van der Waals surface area contributed by atoms with Crippen LogP contribution in [0.1, 0.15) is 39.9 Å². The number of esters is 1. The standard InChI is InChI=1S/C17H20N2O4/c1-4-14-16(12(3)23-19-14)17(21)22-10-15(20)18-9-13-7-5-11(2)6-8-13/h5-8H,4,9-10H2,1-3H3,(H,18,20). The third kappa shape index (κ3) is 4.42. The highest BCUT2D eigenvalue weighted by Crippen LogP contribution is 2.15. The highest BCUT2D eigenvalue weighted by atomic mass is 16.5. The summed E-state index contributed by atoms with van der Waals surface area (Å²) in [5.74, 6) is -0.552. The van der Waals surface area contributed by atoms with Crippen LogP contribution in [0.5, 0.6) is 0 Å². The number of benzene rings is 1. The van der Waals surface area contributed by atoms with Crippen LogP contribution in [0.2, 0.25) is 0 Å². The van der Waals surface area contributed by atoms with E-state index in [0.717, 1.165) is 11.1 Å².